The molecular formula is C21H21FN2O3. The van der Waals surface area contributed by atoms with E-state index in [-0.39, 0.29) is 11.3 Å². The minimum Gasteiger partial charge on any atom is -0.493 e. The van der Waals surface area contributed by atoms with Gasteiger partial charge in [0.1, 0.15) is 17.5 Å². The second-order valence-electron chi connectivity index (χ2n) is 6.22. The summed E-state index contributed by atoms with van der Waals surface area (Å²) in [4.78, 5) is 12.3. The first kappa shape index (κ1) is 20.0. The molecule has 0 saturated carbocycles. The number of benzene rings is 2. The fraction of sp³-hybridized carbons (Fsp3) is 0.238. The molecule has 2 rings (SSSR count). The second kappa shape index (κ2) is 9.39. The van der Waals surface area contributed by atoms with E-state index in [1.165, 1.54) is 31.4 Å². The minimum atomic E-state index is -0.692. The molecule has 2 aromatic carbocycles. The van der Waals surface area contributed by atoms with Crippen LogP contribution in [-0.2, 0) is 4.79 Å². The Kier molecular flexibility index (Phi) is 6.95. The van der Waals surface area contributed by atoms with E-state index in [2.05, 4.69) is 5.32 Å². The highest BCUT2D eigenvalue weighted by atomic mass is 19.1. The molecule has 5 nitrogen and oxygen atoms in total. The quantitative estimate of drug-likeness (QED) is 0.580. The van der Waals surface area contributed by atoms with Crippen molar-refractivity contribution in [2.24, 2.45) is 5.92 Å². The van der Waals surface area contributed by atoms with Gasteiger partial charge in [0.15, 0.2) is 11.5 Å². The second-order valence-corrected chi connectivity index (χ2v) is 6.22. The number of ether oxygens (including phenoxy) is 2. The predicted molar refractivity (Wildman–Crippen MR) is 102 cm³/mol. The molecule has 0 saturated heterocycles. The van der Waals surface area contributed by atoms with E-state index in [9.17, 15) is 14.4 Å². The maximum Gasteiger partial charge on any atom is 0.266 e. The van der Waals surface area contributed by atoms with Crippen molar-refractivity contribution < 1.29 is 18.7 Å². The molecule has 2 aromatic rings. The van der Waals surface area contributed by atoms with Crippen LogP contribution in [0.15, 0.2) is 48.0 Å². The van der Waals surface area contributed by atoms with Gasteiger partial charge in [-0.3, -0.25) is 4.79 Å². The van der Waals surface area contributed by atoms with Crippen molar-refractivity contribution in [2.75, 3.05) is 19.0 Å². The van der Waals surface area contributed by atoms with Gasteiger partial charge < -0.3 is 14.8 Å². The summed E-state index contributed by atoms with van der Waals surface area (Å²) in [7, 11) is 1.54. The van der Waals surface area contributed by atoms with Crippen molar-refractivity contribution >= 4 is 17.7 Å². The standard InChI is InChI=1S/C21H21FN2O3/c1-14(2)13-27-20-11-15(8-9-19(20)26-3)10-16(12-23)21(25)24-18-7-5-4-6-17(18)22/h4-11,14H,13H2,1-3H3,(H,24,25)/b16-10+. The summed E-state index contributed by atoms with van der Waals surface area (Å²) in [5.41, 5.74) is 0.451. The minimum absolute atomic E-state index is 0.0133. The highest BCUT2D eigenvalue weighted by Gasteiger charge is 2.13. The summed E-state index contributed by atoms with van der Waals surface area (Å²) >= 11 is 0. The highest BCUT2D eigenvalue weighted by molar-refractivity contribution is 6.09. The number of halogens is 1. The molecule has 0 atom stereocenters. The third-order valence-corrected chi connectivity index (χ3v) is 3.56. The van der Waals surface area contributed by atoms with Crippen LogP contribution in [0.25, 0.3) is 6.08 Å². The lowest BCUT2D eigenvalue weighted by molar-refractivity contribution is -0.112. The van der Waals surface area contributed by atoms with Crippen LogP contribution in [0.4, 0.5) is 10.1 Å². The Balaban J connectivity index is 2.26. The number of nitrogens with zero attached hydrogens (tertiary/aromatic N) is 1. The van der Waals surface area contributed by atoms with Crippen molar-refractivity contribution in [3.63, 3.8) is 0 Å². The number of carbonyl (C=O) groups is 1. The van der Waals surface area contributed by atoms with Crippen LogP contribution < -0.4 is 14.8 Å². The normalized spacial score (nSPS) is 11.0. The topological polar surface area (TPSA) is 71.3 Å². The zero-order valence-corrected chi connectivity index (χ0v) is 15.5. The first-order valence-corrected chi connectivity index (χ1v) is 8.43. The van der Waals surface area contributed by atoms with Crippen molar-refractivity contribution in [1.82, 2.24) is 0 Å². The molecular weight excluding hydrogens is 347 g/mol. The first-order chi connectivity index (χ1) is 12.9. The molecule has 1 N–H and O–H groups in total. The Morgan fingerprint density at radius 2 is 2.00 bits per heavy atom. The van der Waals surface area contributed by atoms with E-state index in [0.717, 1.165) is 0 Å². The van der Waals surface area contributed by atoms with Gasteiger partial charge in [0.05, 0.1) is 19.4 Å². The number of hydrogen-bond acceptors (Lipinski definition) is 4. The van der Waals surface area contributed by atoms with Gasteiger partial charge in [-0.25, -0.2) is 4.39 Å². The maximum absolute atomic E-state index is 13.7. The van der Waals surface area contributed by atoms with Gasteiger partial charge >= 0.3 is 0 Å². The SMILES string of the molecule is COc1ccc(/C=C(\C#N)C(=O)Nc2ccccc2F)cc1OCC(C)C. The van der Waals surface area contributed by atoms with Gasteiger partial charge in [0.2, 0.25) is 0 Å². The van der Waals surface area contributed by atoms with Crippen molar-refractivity contribution in [3.05, 3.63) is 59.4 Å². The number of nitrogens with one attached hydrogen (secondary N) is 1. The van der Waals surface area contributed by atoms with Gasteiger partial charge in [-0.05, 0) is 41.8 Å². The monoisotopic (exact) mass is 368 g/mol. The summed E-state index contributed by atoms with van der Waals surface area (Å²) < 4.78 is 24.7. The summed E-state index contributed by atoms with van der Waals surface area (Å²) in [5.74, 6) is 0.143. The number of para-hydroxylation sites is 1. The number of carbonyl (C=O) groups excluding carboxylic acids is 1. The molecule has 0 fully saturated rings. The molecule has 0 aliphatic heterocycles. The number of rotatable bonds is 7. The van der Waals surface area contributed by atoms with Crippen LogP contribution in [-0.4, -0.2) is 19.6 Å². The zero-order chi connectivity index (χ0) is 19.8. The van der Waals surface area contributed by atoms with Crippen molar-refractivity contribution in [2.45, 2.75) is 13.8 Å². The van der Waals surface area contributed by atoms with E-state index in [1.807, 2.05) is 19.9 Å². The Morgan fingerprint density at radius 3 is 2.63 bits per heavy atom. The predicted octanol–water partition coefficient (Wildman–Crippen LogP) is 4.41. The molecule has 0 unspecified atom stereocenters. The van der Waals surface area contributed by atoms with E-state index >= 15 is 0 Å². The van der Waals surface area contributed by atoms with Crippen LogP contribution >= 0.6 is 0 Å². The number of hydrogen-bond donors (Lipinski definition) is 1. The molecule has 0 aliphatic rings. The third kappa shape index (κ3) is 5.58. The van der Waals surface area contributed by atoms with Crippen molar-refractivity contribution in [1.29, 1.82) is 5.26 Å². The maximum atomic E-state index is 13.7. The lowest BCUT2D eigenvalue weighted by Crippen LogP contribution is -2.14. The van der Waals surface area contributed by atoms with Crippen LogP contribution in [0.1, 0.15) is 19.4 Å². The molecule has 1 amide bonds. The van der Waals surface area contributed by atoms with E-state index in [4.69, 9.17) is 9.47 Å². The number of amides is 1. The Hall–Kier alpha value is -3.33. The summed E-state index contributed by atoms with van der Waals surface area (Å²) in [6.07, 6.45) is 1.41. The van der Waals surface area contributed by atoms with Crippen LogP contribution in [0.2, 0.25) is 0 Å². The first-order valence-electron chi connectivity index (χ1n) is 8.43. The van der Waals surface area contributed by atoms with Gasteiger partial charge in [-0.15, -0.1) is 0 Å². The third-order valence-electron chi connectivity index (χ3n) is 3.56. The molecule has 0 aromatic heterocycles. The zero-order valence-electron chi connectivity index (χ0n) is 15.5. The smallest absolute Gasteiger partial charge is 0.266 e. The molecule has 0 spiro atoms. The number of methoxy groups -OCH3 is 1. The van der Waals surface area contributed by atoms with Gasteiger partial charge in [-0.1, -0.05) is 32.0 Å². The molecule has 6 heteroatoms. The summed E-state index contributed by atoms with van der Waals surface area (Å²) in [5, 5.41) is 11.7. The van der Waals surface area contributed by atoms with Gasteiger partial charge in [0, 0.05) is 0 Å². The van der Waals surface area contributed by atoms with E-state index in [0.29, 0.717) is 29.6 Å². The molecule has 0 heterocycles. The fourth-order valence-corrected chi connectivity index (χ4v) is 2.22. The van der Waals surface area contributed by atoms with Crippen molar-refractivity contribution in [3.8, 4) is 17.6 Å². The van der Waals surface area contributed by atoms with Crippen LogP contribution in [0.3, 0.4) is 0 Å². The molecule has 0 aliphatic carbocycles. The van der Waals surface area contributed by atoms with Gasteiger partial charge in [0.25, 0.3) is 5.91 Å². The Bertz CT molecular complexity index is 885. The molecule has 140 valence electrons. The number of nitriles is 1. The highest BCUT2D eigenvalue weighted by Crippen LogP contribution is 2.29. The molecule has 0 radical (unpaired) electrons. The molecule has 27 heavy (non-hydrogen) atoms. The van der Waals surface area contributed by atoms with E-state index < -0.39 is 11.7 Å². The molecule has 0 bridgehead atoms. The Morgan fingerprint density at radius 1 is 1.26 bits per heavy atom. The van der Waals surface area contributed by atoms with Crippen LogP contribution in [0, 0.1) is 23.1 Å². The average Bonchev–Trinajstić information content (AvgIpc) is 2.66. The lowest BCUT2D eigenvalue weighted by Gasteiger charge is -2.13. The number of anilines is 1. The largest absolute Gasteiger partial charge is 0.493 e. The summed E-state index contributed by atoms with van der Waals surface area (Å²) in [6, 6.07) is 12.7. The Labute approximate surface area is 158 Å². The fourth-order valence-electron chi connectivity index (χ4n) is 2.22. The van der Waals surface area contributed by atoms with Crippen LogP contribution in [0.5, 0.6) is 11.5 Å². The van der Waals surface area contributed by atoms with Gasteiger partial charge in [-0.2, -0.15) is 5.26 Å². The van der Waals surface area contributed by atoms with E-state index in [1.54, 1.807) is 24.3 Å². The average molecular weight is 368 g/mol. The lowest BCUT2D eigenvalue weighted by atomic mass is 10.1. The summed E-state index contributed by atoms with van der Waals surface area (Å²) in [6.45, 7) is 4.55.